The summed E-state index contributed by atoms with van der Waals surface area (Å²) in [6.45, 7) is 7.82. The van der Waals surface area contributed by atoms with Crippen molar-refractivity contribution in [1.29, 1.82) is 0 Å². The first-order chi connectivity index (χ1) is 16.1. The van der Waals surface area contributed by atoms with Crippen LogP contribution in [0.2, 0.25) is 0 Å². The maximum atomic E-state index is 13.7. The molecule has 0 fully saturated rings. The molecule has 34 heavy (non-hydrogen) atoms. The van der Waals surface area contributed by atoms with Crippen LogP contribution >= 0.6 is 11.3 Å². The summed E-state index contributed by atoms with van der Waals surface area (Å²) >= 11 is 1.06. The number of carbonyl (C=O) groups is 1. The monoisotopic (exact) mass is 490 g/mol. The minimum atomic E-state index is -3.99. The van der Waals surface area contributed by atoms with E-state index in [-0.39, 0.29) is 26.1 Å². The highest BCUT2D eigenvalue weighted by atomic mass is 32.2. The lowest BCUT2D eigenvalue weighted by Crippen LogP contribution is -2.08. The first-order valence-corrected chi connectivity index (χ1v) is 13.1. The Morgan fingerprint density at radius 2 is 1.41 bits per heavy atom. The molecule has 5 nitrogen and oxygen atoms in total. The fourth-order valence-electron chi connectivity index (χ4n) is 3.57. The molecular weight excluding hydrogens is 464 g/mol. The normalized spacial score (nSPS) is 11.4. The van der Waals surface area contributed by atoms with Crippen LogP contribution in [0.4, 0.5) is 16.4 Å². The maximum absolute atomic E-state index is 13.7. The first kappa shape index (κ1) is 23.7. The predicted octanol–water partition coefficient (Wildman–Crippen LogP) is 6.37. The third-order valence-corrected chi connectivity index (χ3v) is 8.89. The zero-order valence-corrected chi connectivity index (χ0v) is 21.1. The lowest BCUT2D eigenvalue weighted by atomic mass is 10.1. The highest BCUT2D eigenvalue weighted by Gasteiger charge is 2.31. The van der Waals surface area contributed by atoms with Crippen LogP contribution in [-0.2, 0) is 9.84 Å². The Morgan fingerprint density at radius 1 is 0.824 bits per heavy atom. The van der Waals surface area contributed by atoms with E-state index in [1.165, 1.54) is 0 Å². The van der Waals surface area contributed by atoms with E-state index in [9.17, 15) is 13.2 Å². The number of benzene rings is 3. The molecule has 0 radical (unpaired) electrons. The zero-order valence-electron chi connectivity index (χ0n) is 19.5. The number of sulfone groups is 1. The van der Waals surface area contributed by atoms with Crippen LogP contribution in [0.15, 0.2) is 76.5 Å². The van der Waals surface area contributed by atoms with Gasteiger partial charge in [0.1, 0.15) is 14.8 Å². The molecule has 0 aliphatic carbocycles. The second-order valence-electron chi connectivity index (χ2n) is 8.44. The zero-order chi connectivity index (χ0) is 24.6. The number of thiophene rings is 1. The molecule has 3 N–H and O–H groups in total. The van der Waals surface area contributed by atoms with Crippen molar-refractivity contribution in [3.05, 3.63) is 99.4 Å². The minimum Gasteiger partial charge on any atom is -0.396 e. The fraction of sp³-hybridized carbons (Fsp3) is 0.148. The van der Waals surface area contributed by atoms with Crippen molar-refractivity contribution >= 4 is 43.3 Å². The standard InChI is InChI=1S/C27H26N2O3S2/c1-16-5-10-20(11-6-16)24(30)25-23(28)26(34(31,32)22-13-7-17(2)8-14-22)27(33-25)29-21-12-9-18(3)19(4)15-21/h5-15,29H,28H2,1-4H3. The molecule has 0 spiro atoms. The quantitative estimate of drug-likeness (QED) is 0.307. The lowest BCUT2D eigenvalue weighted by Gasteiger charge is -2.11. The van der Waals surface area contributed by atoms with Gasteiger partial charge in [-0.3, -0.25) is 4.79 Å². The van der Waals surface area contributed by atoms with Crippen LogP contribution in [0, 0.1) is 27.7 Å². The van der Waals surface area contributed by atoms with Gasteiger partial charge in [-0.2, -0.15) is 0 Å². The molecule has 0 saturated heterocycles. The molecule has 4 rings (SSSR count). The Balaban J connectivity index is 1.88. The summed E-state index contributed by atoms with van der Waals surface area (Å²) < 4.78 is 27.4. The van der Waals surface area contributed by atoms with Crippen molar-refractivity contribution < 1.29 is 13.2 Å². The van der Waals surface area contributed by atoms with Crippen LogP contribution in [0.25, 0.3) is 0 Å². The molecule has 0 aliphatic heterocycles. The number of carbonyl (C=O) groups excluding carboxylic acids is 1. The highest BCUT2D eigenvalue weighted by molar-refractivity contribution is 7.92. The summed E-state index contributed by atoms with van der Waals surface area (Å²) in [6.07, 6.45) is 0. The van der Waals surface area contributed by atoms with Crippen molar-refractivity contribution in [2.75, 3.05) is 11.1 Å². The Bertz CT molecular complexity index is 1480. The van der Waals surface area contributed by atoms with E-state index in [0.29, 0.717) is 10.6 Å². The molecule has 0 aliphatic rings. The summed E-state index contributed by atoms with van der Waals surface area (Å²) in [7, 11) is -3.99. The van der Waals surface area contributed by atoms with Gasteiger partial charge in [0.15, 0.2) is 0 Å². The number of nitrogen functional groups attached to an aromatic ring is 1. The van der Waals surface area contributed by atoms with Crippen molar-refractivity contribution in [3.8, 4) is 0 Å². The Hall–Kier alpha value is -3.42. The Kier molecular flexibility index (Phi) is 6.34. The molecule has 0 atom stereocenters. The SMILES string of the molecule is Cc1ccc(C(=O)c2sc(Nc3ccc(C)c(C)c3)c(S(=O)(=O)c3ccc(C)cc3)c2N)cc1. The minimum absolute atomic E-state index is 0.0394. The summed E-state index contributed by atoms with van der Waals surface area (Å²) in [5.74, 6) is -0.309. The Labute approximate surface area is 204 Å². The average molecular weight is 491 g/mol. The van der Waals surface area contributed by atoms with E-state index < -0.39 is 9.84 Å². The topological polar surface area (TPSA) is 89.3 Å². The molecular formula is C27H26N2O3S2. The second kappa shape index (κ2) is 9.08. The molecule has 0 unspecified atom stereocenters. The van der Waals surface area contributed by atoms with Gasteiger partial charge in [-0.15, -0.1) is 11.3 Å². The average Bonchev–Trinajstić information content (AvgIpc) is 3.13. The number of nitrogens with one attached hydrogen (secondary N) is 1. The van der Waals surface area contributed by atoms with E-state index in [4.69, 9.17) is 5.73 Å². The van der Waals surface area contributed by atoms with Crippen LogP contribution in [0.5, 0.6) is 0 Å². The van der Waals surface area contributed by atoms with Gasteiger partial charge in [0, 0.05) is 11.3 Å². The molecule has 174 valence electrons. The number of hydrogen-bond acceptors (Lipinski definition) is 6. The third kappa shape index (κ3) is 4.49. The van der Waals surface area contributed by atoms with Gasteiger partial charge < -0.3 is 11.1 Å². The fourth-order valence-corrected chi connectivity index (χ4v) is 6.50. The second-order valence-corrected chi connectivity index (χ2v) is 11.3. The van der Waals surface area contributed by atoms with E-state index in [2.05, 4.69) is 5.32 Å². The molecule has 1 heterocycles. The van der Waals surface area contributed by atoms with Crippen LogP contribution in [0.3, 0.4) is 0 Å². The number of aryl methyl sites for hydroxylation is 4. The molecule has 0 bridgehead atoms. The number of hydrogen-bond donors (Lipinski definition) is 2. The number of anilines is 3. The number of ketones is 1. The van der Waals surface area contributed by atoms with Gasteiger partial charge in [0.2, 0.25) is 15.6 Å². The molecule has 1 aromatic heterocycles. The van der Waals surface area contributed by atoms with Gasteiger partial charge in [0.25, 0.3) is 0 Å². The van der Waals surface area contributed by atoms with Crippen molar-refractivity contribution in [1.82, 2.24) is 0 Å². The summed E-state index contributed by atoms with van der Waals surface area (Å²) in [6, 6.07) is 19.5. The van der Waals surface area contributed by atoms with Crippen LogP contribution < -0.4 is 11.1 Å². The number of nitrogens with two attached hydrogens (primary N) is 1. The van der Waals surface area contributed by atoms with E-state index >= 15 is 0 Å². The van der Waals surface area contributed by atoms with Crippen molar-refractivity contribution in [2.45, 2.75) is 37.5 Å². The van der Waals surface area contributed by atoms with E-state index in [0.717, 1.165) is 39.3 Å². The van der Waals surface area contributed by atoms with Crippen LogP contribution in [-0.4, -0.2) is 14.2 Å². The molecule has 3 aromatic carbocycles. The van der Waals surface area contributed by atoms with Gasteiger partial charge in [-0.05, 0) is 63.1 Å². The van der Waals surface area contributed by atoms with Gasteiger partial charge in [-0.25, -0.2) is 8.42 Å². The van der Waals surface area contributed by atoms with Gasteiger partial charge >= 0.3 is 0 Å². The summed E-state index contributed by atoms with van der Waals surface area (Å²) in [4.78, 5) is 13.6. The lowest BCUT2D eigenvalue weighted by molar-refractivity contribution is 0.104. The van der Waals surface area contributed by atoms with E-state index in [1.807, 2.05) is 58.0 Å². The van der Waals surface area contributed by atoms with Crippen LogP contribution in [0.1, 0.15) is 37.5 Å². The molecule has 4 aromatic rings. The summed E-state index contributed by atoms with van der Waals surface area (Å²) in [5, 5.41) is 3.53. The largest absolute Gasteiger partial charge is 0.396 e. The maximum Gasteiger partial charge on any atom is 0.211 e. The smallest absolute Gasteiger partial charge is 0.211 e. The van der Waals surface area contributed by atoms with Gasteiger partial charge in [0.05, 0.1) is 10.6 Å². The summed E-state index contributed by atoms with van der Waals surface area (Å²) in [5.41, 5.74) is 11.7. The van der Waals surface area contributed by atoms with Crippen molar-refractivity contribution in [3.63, 3.8) is 0 Å². The predicted molar refractivity (Wildman–Crippen MR) is 139 cm³/mol. The Morgan fingerprint density at radius 3 is 2.00 bits per heavy atom. The number of rotatable bonds is 6. The van der Waals surface area contributed by atoms with E-state index in [1.54, 1.807) is 36.4 Å². The molecule has 0 amide bonds. The highest BCUT2D eigenvalue weighted by Crippen LogP contribution is 2.44. The molecule has 7 heteroatoms. The molecule has 0 saturated carbocycles. The first-order valence-electron chi connectivity index (χ1n) is 10.8. The third-order valence-electron chi connectivity index (χ3n) is 5.78. The van der Waals surface area contributed by atoms with Crippen molar-refractivity contribution in [2.24, 2.45) is 0 Å². The van der Waals surface area contributed by atoms with Gasteiger partial charge in [-0.1, -0.05) is 53.6 Å².